The Morgan fingerprint density at radius 2 is 2.50 bits per heavy atom. The van der Waals surface area contributed by atoms with E-state index >= 15 is 0 Å². The highest BCUT2D eigenvalue weighted by molar-refractivity contribution is 6.18. The third-order valence-corrected chi connectivity index (χ3v) is 0.553. The maximum atomic E-state index is 5.24. The molecule has 0 fully saturated rings. The third kappa shape index (κ3) is 3.83. The van der Waals surface area contributed by atoms with E-state index in [1.54, 1.807) is 6.08 Å². The molecule has 0 aliphatic rings. The normalized spacial score (nSPS) is 12.0. The highest BCUT2D eigenvalue weighted by atomic mass is 35.5. The molecule has 0 spiro atoms. The van der Waals surface area contributed by atoms with Gasteiger partial charge in [0.1, 0.15) is 0 Å². The zero-order valence-corrected chi connectivity index (χ0v) is 4.50. The van der Waals surface area contributed by atoms with E-state index in [0.29, 0.717) is 5.88 Å². The maximum absolute atomic E-state index is 5.24. The number of allylic oxidation sites excluding steroid dienone is 2. The van der Waals surface area contributed by atoms with Crippen molar-refractivity contribution in [3.63, 3.8) is 0 Å². The van der Waals surface area contributed by atoms with Gasteiger partial charge in [-0.25, -0.2) is 0 Å². The molecule has 0 atom stereocenters. The van der Waals surface area contributed by atoms with Crippen molar-refractivity contribution >= 4 is 11.6 Å². The quantitative estimate of drug-likeness (QED) is 0.497. The molecule has 2 N–H and O–H groups in total. The summed E-state index contributed by atoms with van der Waals surface area (Å²) in [6.07, 6.45) is 1.75. The summed E-state index contributed by atoms with van der Waals surface area (Å²) in [6, 6.07) is 0. The fourth-order valence-electron chi connectivity index (χ4n) is 0.122. The smallest absolute Gasteiger partial charge is 0.0423 e. The van der Waals surface area contributed by atoms with Crippen molar-refractivity contribution in [1.29, 1.82) is 0 Å². The molecule has 0 aliphatic heterocycles. The maximum Gasteiger partial charge on any atom is 0.0423 e. The second-order valence-corrected chi connectivity index (χ2v) is 1.41. The molecule has 0 amide bonds. The average Bonchev–Trinajstić information content (AvgIpc) is 1.35. The molecular formula is C4H8ClN. The van der Waals surface area contributed by atoms with Crippen LogP contribution in [-0.2, 0) is 0 Å². The van der Waals surface area contributed by atoms with Crippen LogP contribution in [0.25, 0.3) is 0 Å². The standard InChI is InChI=1S/C4H8ClN/c1-4(6)2-3-5/h2H,3,6H2,1H3/b4-2+. The summed E-state index contributed by atoms with van der Waals surface area (Å²) in [5.41, 5.74) is 5.96. The number of halogens is 1. The van der Waals surface area contributed by atoms with E-state index in [9.17, 15) is 0 Å². The summed E-state index contributed by atoms with van der Waals surface area (Å²) in [6.45, 7) is 1.81. The molecule has 0 aromatic carbocycles. The lowest BCUT2D eigenvalue weighted by atomic mass is 10.5. The van der Waals surface area contributed by atoms with Gasteiger partial charge >= 0.3 is 0 Å². The molecule has 0 saturated heterocycles. The molecule has 0 unspecified atom stereocenters. The number of rotatable bonds is 1. The lowest BCUT2D eigenvalue weighted by molar-refractivity contribution is 1.30. The van der Waals surface area contributed by atoms with Gasteiger partial charge in [0.05, 0.1) is 0 Å². The van der Waals surface area contributed by atoms with Crippen LogP contribution in [-0.4, -0.2) is 5.88 Å². The molecule has 0 aromatic rings. The fraction of sp³-hybridized carbons (Fsp3) is 0.500. The Hall–Kier alpha value is -0.170. The van der Waals surface area contributed by atoms with Crippen molar-refractivity contribution in [2.45, 2.75) is 6.92 Å². The van der Waals surface area contributed by atoms with Crippen LogP contribution in [0.2, 0.25) is 0 Å². The number of nitrogens with two attached hydrogens (primary N) is 1. The van der Waals surface area contributed by atoms with Crippen molar-refractivity contribution in [1.82, 2.24) is 0 Å². The van der Waals surface area contributed by atoms with E-state index in [0.717, 1.165) is 5.70 Å². The summed E-state index contributed by atoms with van der Waals surface area (Å²) < 4.78 is 0. The minimum Gasteiger partial charge on any atom is -0.402 e. The van der Waals surface area contributed by atoms with E-state index in [2.05, 4.69) is 0 Å². The highest BCUT2D eigenvalue weighted by Gasteiger charge is 1.69. The monoisotopic (exact) mass is 105 g/mol. The van der Waals surface area contributed by atoms with E-state index in [4.69, 9.17) is 17.3 Å². The zero-order chi connectivity index (χ0) is 4.99. The van der Waals surface area contributed by atoms with Crippen molar-refractivity contribution in [2.24, 2.45) is 5.73 Å². The fourth-order valence-corrected chi connectivity index (χ4v) is 0.365. The van der Waals surface area contributed by atoms with Crippen molar-refractivity contribution < 1.29 is 0 Å². The topological polar surface area (TPSA) is 26.0 Å². The minimum absolute atomic E-state index is 0.516. The van der Waals surface area contributed by atoms with Gasteiger partial charge in [0.25, 0.3) is 0 Å². The van der Waals surface area contributed by atoms with Gasteiger partial charge in [-0.15, -0.1) is 11.6 Å². The van der Waals surface area contributed by atoms with Crippen LogP contribution in [0.15, 0.2) is 11.8 Å². The molecule has 0 saturated carbocycles. The first-order valence-corrected chi connectivity index (χ1v) is 2.29. The predicted molar refractivity (Wildman–Crippen MR) is 28.7 cm³/mol. The van der Waals surface area contributed by atoms with Crippen molar-refractivity contribution in [2.75, 3.05) is 5.88 Å². The molecule has 0 rings (SSSR count). The molecular weight excluding hydrogens is 97.5 g/mol. The molecule has 2 heteroatoms. The number of hydrogen-bond donors (Lipinski definition) is 1. The van der Waals surface area contributed by atoms with Gasteiger partial charge in [0, 0.05) is 11.6 Å². The Morgan fingerprint density at radius 3 is 2.50 bits per heavy atom. The van der Waals surface area contributed by atoms with Crippen molar-refractivity contribution in [3.05, 3.63) is 11.8 Å². The van der Waals surface area contributed by atoms with Crippen LogP contribution in [0.3, 0.4) is 0 Å². The van der Waals surface area contributed by atoms with E-state index in [-0.39, 0.29) is 0 Å². The summed E-state index contributed by atoms with van der Waals surface area (Å²) in [4.78, 5) is 0. The first-order chi connectivity index (χ1) is 2.77. The van der Waals surface area contributed by atoms with E-state index in [1.807, 2.05) is 6.92 Å². The molecule has 0 aromatic heterocycles. The Balaban J connectivity index is 3.14. The second kappa shape index (κ2) is 3.04. The lowest BCUT2D eigenvalue weighted by Crippen LogP contribution is -1.88. The molecule has 0 radical (unpaired) electrons. The van der Waals surface area contributed by atoms with Crippen LogP contribution in [0, 0.1) is 0 Å². The van der Waals surface area contributed by atoms with Crippen LogP contribution in [0.1, 0.15) is 6.92 Å². The summed E-state index contributed by atoms with van der Waals surface area (Å²) in [5, 5.41) is 0. The lowest BCUT2D eigenvalue weighted by Gasteiger charge is -1.80. The van der Waals surface area contributed by atoms with Gasteiger partial charge in [0.15, 0.2) is 0 Å². The Kier molecular flexibility index (Phi) is 2.95. The second-order valence-electron chi connectivity index (χ2n) is 1.10. The first-order valence-electron chi connectivity index (χ1n) is 1.75. The SMILES string of the molecule is C/C(N)=C\CCl. The van der Waals surface area contributed by atoms with Gasteiger partial charge in [-0.05, 0) is 6.92 Å². The average molecular weight is 106 g/mol. The van der Waals surface area contributed by atoms with E-state index in [1.165, 1.54) is 0 Å². The van der Waals surface area contributed by atoms with Gasteiger partial charge in [-0.2, -0.15) is 0 Å². The first kappa shape index (κ1) is 5.83. The van der Waals surface area contributed by atoms with Crippen LogP contribution < -0.4 is 5.73 Å². The van der Waals surface area contributed by atoms with E-state index < -0.39 is 0 Å². The molecule has 0 bridgehead atoms. The molecule has 0 heterocycles. The zero-order valence-electron chi connectivity index (χ0n) is 3.74. The van der Waals surface area contributed by atoms with Crippen LogP contribution in [0.4, 0.5) is 0 Å². The number of alkyl halides is 1. The predicted octanol–water partition coefficient (Wildman–Crippen LogP) is 1.09. The van der Waals surface area contributed by atoms with Gasteiger partial charge < -0.3 is 5.73 Å². The molecule has 1 nitrogen and oxygen atoms in total. The molecule has 36 valence electrons. The summed E-state index contributed by atoms with van der Waals surface area (Å²) >= 11 is 5.24. The molecule has 0 aliphatic carbocycles. The Labute approximate surface area is 42.8 Å². The van der Waals surface area contributed by atoms with Gasteiger partial charge in [0.2, 0.25) is 0 Å². The largest absolute Gasteiger partial charge is 0.402 e. The minimum atomic E-state index is 0.516. The van der Waals surface area contributed by atoms with Crippen LogP contribution in [0.5, 0.6) is 0 Å². The molecule has 6 heavy (non-hydrogen) atoms. The number of hydrogen-bond acceptors (Lipinski definition) is 1. The van der Waals surface area contributed by atoms with Gasteiger partial charge in [-0.3, -0.25) is 0 Å². The summed E-state index contributed by atoms with van der Waals surface area (Å²) in [7, 11) is 0. The Bertz CT molecular complexity index is 54.6. The third-order valence-electron chi connectivity index (χ3n) is 0.399. The highest BCUT2D eigenvalue weighted by Crippen LogP contribution is 1.80. The summed E-state index contributed by atoms with van der Waals surface area (Å²) in [5.74, 6) is 0.516. The Morgan fingerprint density at radius 1 is 2.00 bits per heavy atom. The van der Waals surface area contributed by atoms with Crippen LogP contribution >= 0.6 is 11.6 Å². The van der Waals surface area contributed by atoms with Crippen molar-refractivity contribution in [3.8, 4) is 0 Å². The van der Waals surface area contributed by atoms with Gasteiger partial charge in [-0.1, -0.05) is 6.08 Å².